The van der Waals surface area contributed by atoms with Crippen molar-refractivity contribution in [2.24, 2.45) is 0 Å². The fraction of sp³-hybridized carbons (Fsp3) is 0.545. The van der Waals surface area contributed by atoms with Gasteiger partial charge in [0, 0.05) is 19.6 Å². The van der Waals surface area contributed by atoms with Gasteiger partial charge < -0.3 is 24.5 Å². The molecule has 2 rings (SSSR count). The Kier molecular flexibility index (Phi) is 4.00. The van der Waals surface area contributed by atoms with Gasteiger partial charge in [-0.05, 0) is 6.92 Å². The smallest absolute Gasteiger partial charge is 0.360 e. The minimum atomic E-state index is -0.969. The van der Waals surface area contributed by atoms with Crippen LogP contribution >= 0.6 is 0 Å². The third-order valence-corrected chi connectivity index (χ3v) is 2.75. The van der Waals surface area contributed by atoms with Crippen molar-refractivity contribution in [3.8, 4) is 0 Å². The number of nitrogens with zero attached hydrogens (tertiary/aromatic N) is 2. The minimum absolute atomic E-state index is 0.0412. The summed E-state index contributed by atoms with van der Waals surface area (Å²) in [4.78, 5) is 28.1. The molecule has 0 aromatic carbocycles. The molecule has 2 N–H and O–H groups in total. The summed E-state index contributed by atoms with van der Waals surface area (Å²) in [5.41, 5.74) is 0.0412. The lowest BCUT2D eigenvalue weighted by molar-refractivity contribution is -0.138. The van der Waals surface area contributed by atoms with Crippen LogP contribution in [0.15, 0.2) is 10.7 Å². The molecule has 19 heavy (non-hydrogen) atoms. The number of carbonyl (C=O) groups excluding carboxylic acids is 1. The topological polar surface area (TPSA) is 105 Å². The van der Waals surface area contributed by atoms with E-state index in [0.29, 0.717) is 19.6 Å². The zero-order valence-electron chi connectivity index (χ0n) is 10.5. The molecule has 0 bridgehead atoms. The van der Waals surface area contributed by atoms with Gasteiger partial charge in [0.2, 0.25) is 0 Å². The lowest BCUT2D eigenvalue weighted by atomic mass is 10.2. The van der Waals surface area contributed by atoms with E-state index in [-0.39, 0.29) is 18.3 Å². The van der Waals surface area contributed by atoms with Crippen LogP contribution in [0.3, 0.4) is 0 Å². The number of carbonyl (C=O) groups is 2. The minimum Gasteiger partial charge on any atom is -0.480 e. The molecule has 8 nitrogen and oxygen atoms in total. The first-order chi connectivity index (χ1) is 9.13. The predicted molar refractivity (Wildman–Crippen MR) is 64.1 cm³/mol. The fourth-order valence-corrected chi connectivity index (χ4v) is 1.85. The summed E-state index contributed by atoms with van der Waals surface area (Å²) in [6, 6.07) is -0.639. The van der Waals surface area contributed by atoms with Crippen molar-refractivity contribution < 1.29 is 23.8 Å². The first kappa shape index (κ1) is 13.3. The largest absolute Gasteiger partial charge is 0.480 e. The van der Waals surface area contributed by atoms with Gasteiger partial charge in [-0.1, -0.05) is 0 Å². The predicted octanol–water partition coefficient (Wildman–Crippen LogP) is -0.286. The second-order valence-electron chi connectivity index (χ2n) is 3.99. The van der Waals surface area contributed by atoms with Gasteiger partial charge in [-0.3, -0.25) is 0 Å². The van der Waals surface area contributed by atoms with Gasteiger partial charge >= 0.3 is 11.9 Å². The van der Waals surface area contributed by atoms with Crippen LogP contribution in [-0.2, 0) is 9.53 Å². The number of carboxylic acids is 1. The Morgan fingerprint density at radius 2 is 2.47 bits per heavy atom. The third kappa shape index (κ3) is 2.84. The summed E-state index contributed by atoms with van der Waals surface area (Å²) in [5, 5.41) is 12.1. The molecule has 1 saturated heterocycles. The van der Waals surface area contributed by atoms with Crippen molar-refractivity contribution in [3.63, 3.8) is 0 Å². The Morgan fingerprint density at radius 3 is 3.16 bits per heavy atom. The summed E-state index contributed by atoms with van der Waals surface area (Å²) in [6.45, 7) is 3.30. The number of hydrogen-bond donors (Lipinski definition) is 2. The van der Waals surface area contributed by atoms with E-state index in [0.717, 1.165) is 0 Å². The molecule has 8 heteroatoms. The molecule has 0 radical (unpaired) electrons. The summed E-state index contributed by atoms with van der Waals surface area (Å²) >= 11 is 0. The number of aromatic nitrogens is 1. The van der Waals surface area contributed by atoms with Crippen LogP contribution in [0.5, 0.6) is 0 Å². The van der Waals surface area contributed by atoms with Crippen LogP contribution in [0.1, 0.15) is 17.4 Å². The number of oxazole rings is 1. The van der Waals surface area contributed by atoms with Crippen molar-refractivity contribution in [1.29, 1.82) is 0 Å². The van der Waals surface area contributed by atoms with E-state index in [1.807, 2.05) is 0 Å². The highest BCUT2D eigenvalue weighted by atomic mass is 16.5. The van der Waals surface area contributed by atoms with Crippen LogP contribution in [0.4, 0.5) is 6.01 Å². The number of piperazine rings is 1. The second kappa shape index (κ2) is 5.70. The van der Waals surface area contributed by atoms with Gasteiger partial charge in [-0.25, -0.2) is 9.59 Å². The van der Waals surface area contributed by atoms with Crippen LogP contribution in [0, 0.1) is 0 Å². The molecule has 0 spiro atoms. The van der Waals surface area contributed by atoms with Gasteiger partial charge in [0.15, 0.2) is 5.69 Å². The van der Waals surface area contributed by atoms with Crippen molar-refractivity contribution >= 4 is 18.0 Å². The van der Waals surface area contributed by atoms with Gasteiger partial charge in [0.25, 0.3) is 6.01 Å². The van der Waals surface area contributed by atoms with Crippen molar-refractivity contribution in [3.05, 3.63) is 12.0 Å². The van der Waals surface area contributed by atoms with Crippen molar-refractivity contribution in [1.82, 2.24) is 10.3 Å². The molecule has 1 aromatic heterocycles. The standard InChI is InChI=1S/C11H15N3O5/c1-2-18-10(17)7-6-19-11(13-7)14-4-3-12-5-8(14)9(15)16/h6,8,12H,2-5H2,1H3,(H,15,16). The van der Waals surface area contributed by atoms with Gasteiger partial charge in [-0.2, -0.15) is 4.98 Å². The van der Waals surface area contributed by atoms with E-state index in [4.69, 9.17) is 14.3 Å². The Labute approximate surface area is 109 Å². The quantitative estimate of drug-likeness (QED) is 0.719. The lowest BCUT2D eigenvalue weighted by Gasteiger charge is -2.31. The van der Waals surface area contributed by atoms with Crippen molar-refractivity contribution in [2.75, 3.05) is 31.1 Å². The molecule has 104 valence electrons. The van der Waals surface area contributed by atoms with Gasteiger partial charge in [0.05, 0.1) is 6.61 Å². The Hall–Kier alpha value is -2.09. The van der Waals surface area contributed by atoms with Crippen LogP contribution in [-0.4, -0.2) is 54.3 Å². The molecule has 1 aliphatic heterocycles. The van der Waals surface area contributed by atoms with Crippen LogP contribution in [0.25, 0.3) is 0 Å². The Balaban J connectivity index is 2.16. The fourth-order valence-electron chi connectivity index (χ4n) is 1.85. The maximum absolute atomic E-state index is 11.5. The van der Waals surface area contributed by atoms with Crippen LogP contribution in [0.2, 0.25) is 0 Å². The Morgan fingerprint density at radius 1 is 1.68 bits per heavy atom. The molecular weight excluding hydrogens is 254 g/mol. The molecular formula is C11H15N3O5. The number of hydrogen-bond acceptors (Lipinski definition) is 7. The summed E-state index contributed by atoms with van der Waals surface area (Å²) in [6.07, 6.45) is 1.17. The highest BCUT2D eigenvalue weighted by molar-refractivity contribution is 5.87. The number of ether oxygens (including phenoxy) is 1. The molecule has 0 aliphatic carbocycles. The average molecular weight is 269 g/mol. The molecule has 1 aliphatic rings. The highest BCUT2D eigenvalue weighted by Gasteiger charge is 2.32. The van der Waals surface area contributed by atoms with Crippen molar-refractivity contribution in [2.45, 2.75) is 13.0 Å². The Bertz CT molecular complexity index is 473. The van der Waals surface area contributed by atoms with E-state index in [2.05, 4.69) is 10.3 Å². The number of nitrogens with one attached hydrogen (secondary N) is 1. The van der Waals surface area contributed by atoms with Gasteiger partial charge in [0.1, 0.15) is 12.3 Å². The molecule has 1 fully saturated rings. The molecule has 0 amide bonds. The zero-order valence-corrected chi connectivity index (χ0v) is 10.5. The van der Waals surface area contributed by atoms with Crippen LogP contribution < -0.4 is 10.2 Å². The number of carboxylic acid groups (broad SMARTS) is 1. The summed E-state index contributed by atoms with van der Waals surface area (Å²) < 4.78 is 9.97. The van der Waals surface area contributed by atoms with E-state index >= 15 is 0 Å². The summed E-state index contributed by atoms with van der Waals surface area (Å²) in [7, 11) is 0. The molecule has 0 saturated carbocycles. The monoisotopic (exact) mass is 269 g/mol. The maximum atomic E-state index is 11.5. The number of aliphatic carboxylic acids is 1. The van der Waals surface area contributed by atoms with E-state index in [9.17, 15) is 9.59 Å². The second-order valence-corrected chi connectivity index (χ2v) is 3.99. The lowest BCUT2D eigenvalue weighted by Crippen LogP contribution is -2.55. The maximum Gasteiger partial charge on any atom is 0.360 e. The van der Waals surface area contributed by atoms with E-state index < -0.39 is 18.0 Å². The number of anilines is 1. The molecule has 1 aromatic rings. The first-order valence-electron chi connectivity index (χ1n) is 5.96. The third-order valence-electron chi connectivity index (χ3n) is 2.75. The molecule has 2 heterocycles. The normalized spacial score (nSPS) is 19.2. The highest BCUT2D eigenvalue weighted by Crippen LogP contribution is 2.18. The van der Waals surface area contributed by atoms with E-state index in [1.54, 1.807) is 6.92 Å². The van der Waals surface area contributed by atoms with Gasteiger partial charge in [-0.15, -0.1) is 0 Å². The van der Waals surface area contributed by atoms with E-state index in [1.165, 1.54) is 11.2 Å². The summed E-state index contributed by atoms with van der Waals surface area (Å²) in [5.74, 6) is -1.55. The average Bonchev–Trinajstić information content (AvgIpc) is 2.88. The number of rotatable bonds is 4. The SMILES string of the molecule is CCOC(=O)c1coc(N2CCNCC2C(=O)O)n1. The zero-order chi connectivity index (χ0) is 13.8. The number of esters is 1. The molecule has 1 unspecified atom stereocenters. The first-order valence-corrected chi connectivity index (χ1v) is 5.96. The molecule has 1 atom stereocenters.